The normalized spacial score (nSPS) is 25.2. The van der Waals surface area contributed by atoms with Gasteiger partial charge in [-0.05, 0) is 50.7 Å². The van der Waals surface area contributed by atoms with Crippen molar-refractivity contribution in [3.05, 3.63) is 35.9 Å². The van der Waals surface area contributed by atoms with Crippen molar-refractivity contribution in [1.29, 1.82) is 0 Å². The van der Waals surface area contributed by atoms with Crippen molar-refractivity contribution in [3.8, 4) is 0 Å². The van der Waals surface area contributed by atoms with Gasteiger partial charge < -0.3 is 16.0 Å². The molecule has 2 unspecified atom stereocenters. The SMILES string of the molecule is CC1(C(=O)NCC(N)C2CC2)CCCN(C(=O)c2ccccc2)C1. The summed E-state index contributed by atoms with van der Waals surface area (Å²) < 4.78 is 0. The van der Waals surface area contributed by atoms with Crippen LogP contribution in [0.25, 0.3) is 0 Å². The molecule has 1 aromatic carbocycles. The molecule has 1 aliphatic heterocycles. The summed E-state index contributed by atoms with van der Waals surface area (Å²) in [6.07, 6.45) is 3.99. The molecule has 3 rings (SSSR count). The van der Waals surface area contributed by atoms with E-state index in [1.165, 1.54) is 12.8 Å². The van der Waals surface area contributed by atoms with Gasteiger partial charge >= 0.3 is 0 Å². The smallest absolute Gasteiger partial charge is 0.253 e. The number of likely N-dealkylation sites (tertiary alicyclic amines) is 1. The van der Waals surface area contributed by atoms with E-state index in [1.54, 1.807) is 4.90 Å². The fourth-order valence-corrected chi connectivity index (χ4v) is 3.48. The first-order valence-electron chi connectivity index (χ1n) is 8.88. The minimum Gasteiger partial charge on any atom is -0.354 e. The van der Waals surface area contributed by atoms with Gasteiger partial charge in [0.05, 0.1) is 5.41 Å². The Morgan fingerprint density at radius 1 is 1.33 bits per heavy atom. The standard InChI is InChI=1S/C19H27N3O2/c1-19(18(24)21-12-16(20)14-8-9-14)10-5-11-22(13-19)17(23)15-6-3-2-4-7-15/h2-4,6-7,14,16H,5,8-13,20H2,1H3,(H,21,24). The number of nitrogens with zero attached hydrogens (tertiary/aromatic N) is 1. The highest BCUT2D eigenvalue weighted by Crippen LogP contribution is 2.32. The molecule has 1 saturated heterocycles. The number of hydrogen-bond donors (Lipinski definition) is 2. The first-order chi connectivity index (χ1) is 11.5. The molecule has 2 atom stereocenters. The molecule has 1 aromatic rings. The van der Waals surface area contributed by atoms with Crippen molar-refractivity contribution < 1.29 is 9.59 Å². The van der Waals surface area contributed by atoms with E-state index in [-0.39, 0.29) is 17.9 Å². The lowest BCUT2D eigenvalue weighted by Crippen LogP contribution is -2.53. The lowest BCUT2D eigenvalue weighted by Gasteiger charge is -2.39. The minimum absolute atomic E-state index is 0.00371. The van der Waals surface area contributed by atoms with Gasteiger partial charge in [-0.25, -0.2) is 0 Å². The maximum atomic E-state index is 12.7. The van der Waals surface area contributed by atoms with Crippen LogP contribution < -0.4 is 11.1 Å². The summed E-state index contributed by atoms with van der Waals surface area (Å²) in [5, 5.41) is 3.01. The Balaban J connectivity index is 1.60. The van der Waals surface area contributed by atoms with Crippen LogP contribution in [0.3, 0.4) is 0 Å². The molecular weight excluding hydrogens is 302 g/mol. The molecule has 2 fully saturated rings. The van der Waals surface area contributed by atoms with Crippen molar-refractivity contribution in [2.45, 2.75) is 38.6 Å². The van der Waals surface area contributed by atoms with E-state index in [1.807, 2.05) is 37.3 Å². The fraction of sp³-hybridized carbons (Fsp3) is 0.579. The van der Waals surface area contributed by atoms with Gasteiger partial charge in [0.1, 0.15) is 0 Å². The van der Waals surface area contributed by atoms with E-state index in [0.717, 1.165) is 12.8 Å². The maximum absolute atomic E-state index is 12.7. The number of hydrogen-bond acceptors (Lipinski definition) is 3. The summed E-state index contributed by atoms with van der Waals surface area (Å²) in [5.41, 5.74) is 6.22. The molecule has 1 heterocycles. The highest BCUT2D eigenvalue weighted by atomic mass is 16.2. The van der Waals surface area contributed by atoms with Crippen molar-refractivity contribution >= 4 is 11.8 Å². The molecule has 24 heavy (non-hydrogen) atoms. The molecule has 1 aliphatic carbocycles. The van der Waals surface area contributed by atoms with E-state index in [9.17, 15) is 9.59 Å². The van der Waals surface area contributed by atoms with Gasteiger partial charge in [0.15, 0.2) is 0 Å². The number of nitrogens with one attached hydrogen (secondary N) is 1. The van der Waals surface area contributed by atoms with Crippen LogP contribution in [0.1, 0.15) is 43.0 Å². The van der Waals surface area contributed by atoms with Gasteiger partial charge in [-0.3, -0.25) is 9.59 Å². The van der Waals surface area contributed by atoms with Crippen molar-refractivity contribution in [3.63, 3.8) is 0 Å². The zero-order valence-corrected chi connectivity index (χ0v) is 14.3. The Kier molecular flexibility index (Phi) is 4.90. The van der Waals surface area contributed by atoms with Crippen LogP contribution in [0.15, 0.2) is 30.3 Å². The number of carbonyl (C=O) groups excluding carboxylic acids is 2. The number of nitrogens with two attached hydrogens (primary N) is 1. The molecule has 2 aliphatic rings. The Bertz CT molecular complexity index is 600. The fourth-order valence-electron chi connectivity index (χ4n) is 3.48. The van der Waals surface area contributed by atoms with Crippen LogP contribution in [-0.4, -0.2) is 42.4 Å². The van der Waals surface area contributed by atoms with Gasteiger partial charge in [0, 0.05) is 31.2 Å². The van der Waals surface area contributed by atoms with Crippen molar-refractivity contribution in [2.24, 2.45) is 17.1 Å². The highest BCUT2D eigenvalue weighted by molar-refractivity contribution is 5.95. The molecule has 2 amide bonds. The Labute approximate surface area is 143 Å². The van der Waals surface area contributed by atoms with Crippen LogP contribution in [0, 0.1) is 11.3 Å². The van der Waals surface area contributed by atoms with Gasteiger partial charge in [0.2, 0.25) is 5.91 Å². The van der Waals surface area contributed by atoms with Crippen LogP contribution in [0.4, 0.5) is 0 Å². The second kappa shape index (κ2) is 6.93. The summed E-state index contributed by atoms with van der Waals surface area (Å²) in [6, 6.07) is 9.33. The largest absolute Gasteiger partial charge is 0.354 e. The zero-order valence-electron chi connectivity index (χ0n) is 14.3. The van der Waals surface area contributed by atoms with E-state index in [2.05, 4.69) is 5.32 Å². The first kappa shape index (κ1) is 17.0. The van der Waals surface area contributed by atoms with Crippen LogP contribution in [0.5, 0.6) is 0 Å². The summed E-state index contributed by atoms with van der Waals surface area (Å²) in [6.45, 7) is 3.66. The zero-order chi connectivity index (χ0) is 17.2. The summed E-state index contributed by atoms with van der Waals surface area (Å²) in [5.74, 6) is 0.591. The van der Waals surface area contributed by atoms with Gasteiger partial charge in [-0.15, -0.1) is 0 Å². The average Bonchev–Trinajstić information content (AvgIpc) is 3.44. The Morgan fingerprint density at radius 2 is 2.04 bits per heavy atom. The molecule has 0 radical (unpaired) electrons. The van der Waals surface area contributed by atoms with Crippen molar-refractivity contribution in [1.82, 2.24) is 10.2 Å². The summed E-state index contributed by atoms with van der Waals surface area (Å²) in [7, 11) is 0. The minimum atomic E-state index is -0.536. The highest BCUT2D eigenvalue weighted by Gasteiger charge is 2.40. The molecule has 0 aromatic heterocycles. The molecule has 1 saturated carbocycles. The molecule has 0 bridgehead atoms. The Hall–Kier alpha value is -1.88. The van der Waals surface area contributed by atoms with E-state index >= 15 is 0 Å². The molecule has 0 spiro atoms. The molecule has 130 valence electrons. The lowest BCUT2D eigenvalue weighted by molar-refractivity contribution is -0.132. The third-order valence-corrected chi connectivity index (χ3v) is 5.28. The third-order valence-electron chi connectivity index (χ3n) is 5.28. The quantitative estimate of drug-likeness (QED) is 0.865. The lowest BCUT2D eigenvalue weighted by atomic mass is 9.80. The topological polar surface area (TPSA) is 75.4 Å². The average molecular weight is 329 g/mol. The predicted molar refractivity (Wildman–Crippen MR) is 93.4 cm³/mol. The molecule has 5 heteroatoms. The summed E-state index contributed by atoms with van der Waals surface area (Å²) in [4.78, 5) is 27.1. The predicted octanol–water partition coefficient (Wildman–Crippen LogP) is 1.78. The summed E-state index contributed by atoms with van der Waals surface area (Å²) >= 11 is 0. The molecular formula is C19H27N3O2. The van der Waals surface area contributed by atoms with Gasteiger partial charge in [0.25, 0.3) is 5.91 Å². The van der Waals surface area contributed by atoms with Crippen molar-refractivity contribution in [2.75, 3.05) is 19.6 Å². The number of rotatable bonds is 5. The number of carbonyl (C=O) groups is 2. The first-order valence-corrected chi connectivity index (χ1v) is 8.88. The van der Waals surface area contributed by atoms with Gasteiger partial charge in [-0.2, -0.15) is 0 Å². The number of piperidine rings is 1. The second-order valence-corrected chi connectivity index (χ2v) is 7.47. The third kappa shape index (κ3) is 3.78. The van der Waals surface area contributed by atoms with E-state index in [4.69, 9.17) is 5.73 Å². The monoisotopic (exact) mass is 329 g/mol. The van der Waals surface area contributed by atoms with Crippen LogP contribution in [0.2, 0.25) is 0 Å². The van der Waals surface area contributed by atoms with E-state index in [0.29, 0.717) is 31.1 Å². The van der Waals surface area contributed by atoms with E-state index < -0.39 is 5.41 Å². The van der Waals surface area contributed by atoms with Crippen LogP contribution in [-0.2, 0) is 4.79 Å². The molecule has 3 N–H and O–H groups in total. The van der Waals surface area contributed by atoms with Crippen LogP contribution >= 0.6 is 0 Å². The van der Waals surface area contributed by atoms with Gasteiger partial charge in [-0.1, -0.05) is 18.2 Å². The maximum Gasteiger partial charge on any atom is 0.253 e. The second-order valence-electron chi connectivity index (χ2n) is 7.47. The molecule has 5 nitrogen and oxygen atoms in total. The number of amides is 2. The number of benzene rings is 1. The Morgan fingerprint density at radius 3 is 2.71 bits per heavy atom.